The minimum atomic E-state index is -0.957. The van der Waals surface area contributed by atoms with Gasteiger partial charge in [-0.2, -0.15) is 4.98 Å². The molecular formula is C8H11N3O4S. The molecule has 0 spiro atoms. The van der Waals surface area contributed by atoms with Gasteiger partial charge in [0.25, 0.3) is 5.88 Å². The van der Waals surface area contributed by atoms with Crippen LogP contribution in [0.2, 0.25) is 0 Å². The molecule has 0 atom stereocenters. The van der Waals surface area contributed by atoms with Crippen molar-refractivity contribution in [3.8, 4) is 5.88 Å². The first-order chi connectivity index (χ1) is 7.56. The van der Waals surface area contributed by atoms with Gasteiger partial charge in [0.15, 0.2) is 5.16 Å². The maximum absolute atomic E-state index is 11.2. The van der Waals surface area contributed by atoms with Gasteiger partial charge in [0, 0.05) is 5.75 Å². The summed E-state index contributed by atoms with van der Waals surface area (Å²) in [6, 6.07) is 0. The van der Waals surface area contributed by atoms with E-state index in [1.807, 2.05) is 6.92 Å². The zero-order valence-corrected chi connectivity index (χ0v) is 9.41. The molecule has 0 aliphatic carbocycles. The lowest BCUT2D eigenvalue weighted by atomic mass is 10.4. The number of nitrogens with zero attached hydrogens (tertiary/aromatic N) is 2. The summed E-state index contributed by atoms with van der Waals surface area (Å²) in [5, 5.41) is 19.8. The summed E-state index contributed by atoms with van der Waals surface area (Å²) in [6.07, 6.45) is 1.93. The van der Waals surface area contributed by atoms with Crippen LogP contribution in [-0.2, 0) is 0 Å². The van der Waals surface area contributed by atoms with Crippen molar-refractivity contribution in [1.29, 1.82) is 0 Å². The van der Waals surface area contributed by atoms with E-state index >= 15 is 0 Å². The third-order valence-electron chi connectivity index (χ3n) is 1.77. The van der Waals surface area contributed by atoms with Crippen LogP contribution in [0.1, 0.15) is 19.8 Å². The minimum Gasteiger partial charge on any atom is -0.488 e. The fraction of sp³-hybridized carbons (Fsp3) is 0.500. The van der Waals surface area contributed by atoms with Gasteiger partial charge in [0.1, 0.15) is 0 Å². The fourth-order valence-electron chi connectivity index (χ4n) is 0.981. The van der Waals surface area contributed by atoms with E-state index in [1.165, 1.54) is 11.8 Å². The van der Waals surface area contributed by atoms with Gasteiger partial charge in [0.2, 0.25) is 0 Å². The third kappa shape index (κ3) is 2.96. The molecule has 0 saturated carbocycles. The highest BCUT2D eigenvalue weighted by atomic mass is 32.2. The van der Waals surface area contributed by atoms with Crippen molar-refractivity contribution in [2.75, 3.05) is 5.75 Å². The second-order valence-corrected chi connectivity index (χ2v) is 4.09. The van der Waals surface area contributed by atoms with Gasteiger partial charge in [-0.25, -0.2) is 0 Å². The van der Waals surface area contributed by atoms with Crippen LogP contribution in [0.25, 0.3) is 0 Å². The molecule has 0 unspecified atom stereocenters. The Kier molecular flexibility index (Phi) is 4.29. The summed E-state index contributed by atoms with van der Waals surface area (Å²) < 4.78 is 0. The first kappa shape index (κ1) is 12.5. The number of hydrogen-bond acceptors (Lipinski definition) is 6. The van der Waals surface area contributed by atoms with Gasteiger partial charge in [-0.1, -0.05) is 25.1 Å². The fourth-order valence-corrected chi connectivity index (χ4v) is 1.92. The van der Waals surface area contributed by atoms with E-state index in [0.717, 1.165) is 18.6 Å². The standard InChI is InChI=1S/C8H11N3O4S/c1-2-3-4-16-8-9-6(12)5(11(14)15)7(13)10-8/h2-4H2,1H3,(H2,9,10,12,13). The number of aromatic amines is 1. The normalized spacial score (nSPS) is 10.3. The van der Waals surface area contributed by atoms with Crippen molar-refractivity contribution in [2.45, 2.75) is 24.9 Å². The predicted octanol–water partition coefficient (Wildman–Crippen LogP) is 1.28. The van der Waals surface area contributed by atoms with Crippen LogP contribution in [0.5, 0.6) is 5.88 Å². The van der Waals surface area contributed by atoms with Gasteiger partial charge >= 0.3 is 11.2 Å². The van der Waals surface area contributed by atoms with Crippen LogP contribution < -0.4 is 5.56 Å². The molecule has 0 aliphatic heterocycles. The molecule has 7 nitrogen and oxygen atoms in total. The topological polar surface area (TPSA) is 109 Å². The molecule has 1 aromatic heterocycles. The number of H-pyrrole nitrogens is 1. The average molecular weight is 245 g/mol. The van der Waals surface area contributed by atoms with Crippen molar-refractivity contribution in [1.82, 2.24) is 9.97 Å². The Bertz CT molecular complexity index is 445. The molecule has 0 saturated heterocycles. The smallest absolute Gasteiger partial charge is 0.395 e. The maximum Gasteiger partial charge on any atom is 0.395 e. The van der Waals surface area contributed by atoms with Gasteiger partial charge < -0.3 is 5.11 Å². The summed E-state index contributed by atoms with van der Waals surface area (Å²) in [4.78, 5) is 26.5. The Labute approximate surface area is 95.1 Å². The Morgan fingerprint density at radius 3 is 2.81 bits per heavy atom. The summed E-state index contributed by atoms with van der Waals surface area (Å²) in [7, 11) is 0. The van der Waals surface area contributed by atoms with Crippen molar-refractivity contribution in [3.63, 3.8) is 0 Å². The average Bonchev–Trinajstić information content (AvgIpc) is 2.16. The van der Waals surface area contributed by atoms with E-state index in [0.29, 0.717) is 0 Å². The molecule has 88 valence electrons. The molecular weight excluding hydrogens is 234 g/mol. The first-order valence-electron chi connectivity index (χ1n) is 4.66. The van der Waals surface area contributed by atoms with Gasteiger partial charge in [0.05, 0.1) is 4.92 Å². The van der Waals surface area contributed by atoms with Crippen LogP contribution >= 0.6 is 11.8 Å². The quantitative estimate of drug-likeness (QED) is 0.266. The van der Waals surface area contributed by atoms with Crippen molar-refractivity contribution in [3.05, 3.63) is 20.5 Å². The molecule has 0 aliphatic rings. The SMILES string of the molecule is CCCCSc1nc(O)c([N+](=O)[O-])c(=O)[nH]1. The van der Waals surface area contributed by atoms with Gasteiger partial charge in [-0.3, -0.25) is 19.9 Å². The van der Waals surface area contributed by atoms with E-state index in [9.17, 15) is 20.0 Å². The van der Waals surface area contributed by atoms with Crippen LogP contribution in [0.4, 0.5) is 5.69 Å². The predicted molar refractivity (Wildman–Crippen MR) is 58.8 cm³/mol. The second-order valence-electron chi connectivity index (χ2n) is 3.00. The van der Waals surface area contributed by atoms with Gasteiger partial charge in [-0.15, -0.1) is 0 Å². The number of rotatable bonds is 5. The molecule has 16 heavy (non-hydrogen) atoms. The lowest BCUT2D eigenvalue weighted by Crippen LogP contribution is -2.13. The zero-order chi connectivity index (χ0) is 12.1. The first-order valence-corrected chi connectivity index (χ1v) is 5.65. The number of hydrogen-bond donors (Lipinski definition) is 2. The number of nitro groups is 1. The summed E-state index contributed by atoms with van der Waals surface area (Å²) >= 11 is 1.24. The summed E-state index contributed by atoms with van der Waals surface area (Å²) in [5.74, 6) is -0.107. The largest absolute Gasteiger partial charge is 0.488 e. The van der Waals surface area contributed by atoms with Crippen molar-refractivity contribution < 1.29 is 10.0 Å². The van der Waals surface area contributed by atoms with E-state index in [4.69, 9.17) is 0 Å². The highest BCUT2D eigenvalue weighted by molar-refractivity contribution is 7.99. The molecule has 0 radical (unpaired) electrons. The minimum absolute atomic E-state index is 0.196. The highest BCUT2D eigenvalue weighted by Gasteiger charge is 2.21. The lowest BCUT2D eigenvalue weighted by Gasteiger charge is -2.00. The van der Waals surface area contributed by atoms with E-state index in [2.05, 4.69) is 9.97 Å². The number of nitrogens with one attached hydrogen (secondary N) is 1. The number of aromatic hydroxyl groups is 1. The Balaban J connectivity index is 2.92. The third-order valence-corrected chi connectivity index (χ3v) is 2.73. The molecule has 1 rings (SSSR count). The summed E-state index contributed by atoms with van der Waals surface area (Å²) in [6.45, 7) is 2.02. The molecule has 0 amide bonds. The highest BCUT2D eigenvalue weighted by Crippen LogP contribution is 2.21. The molecule has 8 heteroatoms. The molecule has 0 fully saturated rings. The van der Waals surface area contributed by atoms with E-state index in [1.54, 1.807) is 0 Å². The molecule has 0 bridgehead atoms. The van der Waals surface area contributed by atoms with Crippen molar-refractivity contribution >= 4 is 17.4 Å². The zero-order valence-electron chi connectivity index (χ0n) is 8.60. The van der Waals surface area contributed by atoms with E-state index < -0.39 is 22.0 Å². The molecule has 1 heterocycles. The van der Waals surface area contributed by atoms with Crippen LogP contribution in [0, 0.1) is 10.1 Å². The van der Waals surface area contributed by atoms with Crippen LogP contribution in [0.3, 0.4) is 0 Å². The molecule has 0 aromatic carbocycles. The van der Waals surface area contributed by atoms with Gasteiger partial charge in [-0.05, 0) is 6.42 Å². The summed E-state index contributed by atoms with van der Waals surface area (Å²) in [5.41, 5.74) is -1.85. The Hall–Kier alpha value is -1.57. The monoisotopic (exact) mass is 245 g/mol. The van der Waals surface area contributed by atoms with Crippen molar-refractivity contribution in [2.24, 2.45) is 0 Å². The second kappa shape index (κ2) is 5.50. The van der Waals surface area contributed by atoms with E-state index in [-0.39, 0.29) is 5.16 Å². The molecule has 1 aromatic rings. The Morgan fingerprint density at radius 2 is 2.31 bits per heavy atom. The lowest BCUT2D eigenvalue weighted by molar-refractivity contribution is -0.387. The van der Waals surface area contributed by atoms with Crippen LogP contribution in [-0.4, -0.2) is 25.8 Å². The number of thioether (sulfide) groups is 1. The number of aromatic nitrogens is 2. The maximum atomic E-state index is 11.2. The number of unbranched alkanes of at least 4 members (excludes halogenated alkanes) is 1. The van der Waals surface area contributed by atoms with Crippen LogP contribution in [0.15, 0.2) is 9.95 Å². The molecule has 2 N–H and O–H groups in total. The Morgan fingerprint density at radius 1 is 1.62 bits per heavy atom.